The molecule has 0 aliphatic carbocycles. The topological polar surface area (TPSA) is 52.3 Å². The first kappa shape index (κ1) is 8.77. The van der Waals surface area contributed by atoms with E-state index in [0.717, 1.165) is 0 Å². The maximum Gasteiger partial charge on any atom is 0.319 e. The van der Waals surface area contributed by atoms with Crippen LogP contribution < -0.4 is 4.74 Å². The highest BCUT2D eigenvalue weighted by Crippen LogP contribution is 2.18. The van der Waals surface area contributed by atoms with Gasteiger partial charge in [-0.1, -0.05) is 0 Å². The van der Waals surface area contributed by atoms with Crippen LogP contribution in [0.1, 0.15) is 20.8 Å². The number of carbonyl (C=O) groups is 1. The first-order valence-corrected chi connectivity index (χ1v) is 3.61. The molecule has 0 unspecified atom stereocenters. The standard InChI is InChI=1S/C8H11NO3/c1-8(2,3)7(10)12-6-4-9-5-11-6/h4-5H,1-3H3. The van der Waals surface area contributed by atoms with E-state index < -0.39 is 5.41 Å². The second kappa shape index (κ2) is 2.97. The molecule has 4 nitrogen and oxygen atoms in total. The number of oxazole rings is 1. The van der Waals surface area contributed by atoms with Crippen LogP contribution in [0.5, 0.6) is 5.95 Å². The number of nitrogens with zero attached hydrogens (tertiary/aromatic N) is 1. The average Bonchev–Trinajstić information content (AvgIpc) is 2.37. The first-order valence-electron chi connectivity index (χ1n) is 3.61. The van der Waals surface area contributed by atoms with Crippen molar-refractivity contribution in [2.75, 3.05) is 0 Å². The van der Waals surface area contributed by atoms with E-state index in [1.807, 2.05) is 0 Å². The van der Waals surface area contributed by atoms with Crippen molar-refractivity contribution in [3.05, 3.63) is 12.6 Å². The second-order valence-electron chi connectivity index (χ2n) is 3.46. The molecular formula is C8H11NO3. The number of carbonyl (C=O) groups excluding carboxylic acids is 1. The Balaban J connectivity index is 2.60. The third kappa shape index (κ3) is 2.08. The summed E-state index contributed by atoms with van der Waals surface area (Å²) < 4.78 is 9.60. The summed E-state index contributed by atoms with van der Waals surface area (Å²) in [7, 11) is 0. The lowest BCUT2D eigenvalue weighted by molar-refractivity contribution is -0.144. The number of ether oxygens (including phenoxy) is 1. The van der Waals surface area contributed by atoms with Crippen LogP contribution in [0.2, 0.25) is 0 Å². The minimum Gasteiger partial charge on any atom is -0.413 e. The first-order chi connectivity index (χ1) is 5.50. The molecule has 1 heterocycles. The summed E-state index contributed by atoms with van der Waals surface area (Å²) in [5, 5.41) is 0. The minimum atomic E-state index is -0.521. The van der Waals surface area contributed by atoms with Gasteiger partial charge in [0.2, 0.25) is 0 Å². The third-order valence-corrected chi connectivity index (χ3v) is 1.22. The maximum absolute atomic E-state index is 11.2. The minimum absolute atomic E-state index is 0.134. The third-order valence-electron chi connectivity index (χ3n) is 1.22. The van der Waals surface area contributed by atoms with Crippen molar-refractivity contribution in [1.29, 1.82) is 0 Å². The molecule has 0 spiro atoms. The van der Waals surface area contributed by atoms with Crippen LogP contribution in [0.4, 0.5) is 0 Å². The van der Waals surface area contributed by atoms with E-state index in [2.05, 4.69) is 4.98 Å². The summed E-state index contributed by atoms with van der Waals surface area (Å²) in [4.78, 5) is 14.8. The maximum atomic E-state index is 11.2. The van der Waals surface area contributed by atoms with Crippen molar-refractivity contribution < 1.29 is 13.9 Å². The normalized spacial score (nSPS) is 11.2. The summed E-state index contributed by atoms with van der Waals surface area (Å²) in [6.45, 7) is 5.31. The molecule has 12 heavy (non-hydrogen) atoms. The largest absolute Gasteiger partial charge is 0.413 e. The average molecular weight is 169 g/mol. The molecule has 0 atom stereocenters. The number of rotatable bonds is 1. The van der Waals surface area contributed by atoms with Gasteiger partial charge in [-0.2, -0.15) is 0 Å². The quantitative estimate of drug-likeness (QED) is 0.599. The number of esters is 1. The van der Waals surface area contributed by atoms with E-state index >= 15 is 0 Å². The highest BCUT2D eigenvalue weighted by atomic mass is 16.6. The molecule has 0 saturated carbocycles. The van der Waals surface area contributed by atoms with Crippen molar-refractivity contribution in [3.63, 3.8) is 0 Å². The molecule has 0 N–H and O–H groups in total. The Labute approximate surface area is 70.5 Å². The van der Waals surface area contributed by atoms with Gasteiger partial charge in [-0.15, -0.1) is 0 Å². The van der Waals surface area contributed by atoms with E-state index in [1.165, 1.54) is 12.6 Å². The zero-order chi connectivity index (χ0) is 9.19. The molecule has 0 saturated heterocycles. The fraction of sp³-hybridized carbons (Fsp3) is 0.500. The lowest BCUT2D eigenvalue weighted by atomic mass is 9.97. The van der Waals surface area contributed by atoms with Crippen LogP contribution in [0, 0.1) is 5.41 Å². The van der Waals surface area contributed by atoms with E-state index in [-0.39, 0.29) is 11.9 Å². The van der Waals surface area contributed by atoms with Crippen LogP contribution in [0.25, 0.3) is 0 Å². The Hall–Kier alpha value is -1.32. The Kier molecular flexibility index (Phi) is 2.17. The number of hydrogen-bond donors (Lipinski definition) is 0. The number of aromatic nitrogens is 1. The van der Waals surface area contributed by atoms with Crippen LogP contribution in [-0.2, 0) is 4.79 Å². The molecule has 66 valence electrons. The predicted molar refractivity (Wildman–Crippen MR) is 41.6 cm³/mol. The van der Waals surface area contributed by atoms with E-state index in [4.69, 9.17) is 9.15 Å². The smallest absolute Gasteiger partial charge is 0.319 e. The molecule has 4 heteroatoms. The van der Waals surface area contributed by atoms with Crippen molar-refractivity contribution >= 4 is 5.97 Å². The molecule has 0 aliphatic heterocycles. The molecule has 1 aromatic rings. The summed E-state index contributed by atoms with van der Waals surface area (Å²) in [5.41, 5.74) is -0.521. The Bertz CT molecular complexity index is 258. The van der Waals surface area contributed by atoms with Crippen LogP contribution in [-0.4, -0.2) is 11.0 Å². The van der Waals surface area contributed by atoms with Crippen LogP contribution >= 0.6 is 0 Å². The second-order valence-corrected chi connectivity index (χ2v) is 3.46. The fourth-order valence-corrected chi connectivity index (χ4v) is 0.499. The SMILES string of the molecule is CC(C)(C)C(=O)Oc1cnco1. The van der Waals surface area contributed by atoms with Gasteiger partial charge < -0.3 is 9.15 Å². The molecule has 0 aliphatic rings. The monoisotopic (exact) mass is 169 g/mol. The summed E-state index contributed by atoms with van der Waals surface area (Å²) >= 11 is 0. The van der Waals surface area contributed by atoms with Crippen molar-refractivity contribution in [2.24, 2.45) is 5.41 Å². The van der Waals surface area contributed by atoms with Gasteiger partial charge in [0.15, 0.2) is 6.39 Å². The summed E-state index contributed by atoms with van der Waals surface area (Å²) in [6.07, 6.45) is 2.56. The zero-order valence-corrected chi connectivity index (χ0v) is 7.33. The lowest BCUT2D eigenvalue weighted by Crippen LogP contribution is -2.25. The van der Waals surface area contributed by atoms with Gasteiger partial charge in [-0.3, -0.25) is 4.79 Å². The molecule has 1 aromatic heterocycles. The fourth-order valence-electron chi connectivity index (χ4n) is 0.499. The molecule has 0 radical (unpaired) electrons. The highest BCUT2D eigenvalue weighted by molar-refractivity contribution is 5.77. The number of hydrogen-bond acceptors (Lipinski definition) is 4. The van der Waals surface area contributed by atoms with E-state index in [1.54, 1.807) is 20.8 Å². The van der Waals surface area contributed by atoms with Crippen molar-refractivity contribution in [1.82, 2.24) is 4.98 Å². The van der Waals surface area contributed by atoms with E-state index in [9.17, 15) is 4.79 Å². The predicted octanol–water partition coefficient (Wildman–Crippen LogP) is 1.63. The zero-order valence-electron chi connectivity index (χ0n) is 7.33. The van der Waals surface area contributed by atoms with E-state index in [0.29, 0.717) is 0 Å². The van der Waals surface area contributed by atoms with Gasteiger partial charge in [0.1, 0.15) is 6.20 Å². The molecule has 0 amide bonds. The molecule has 1 rings (SSSR count). The summed E-state index contributed by atoms with van der Waals surface area (Å²) in [6, 6.07) is 0. The van der Waals surface area contributed by atoms with Crippen LogP contribution in [0.3, 0.4) is 0 Å². The van der Waals surface area contributed by atoms with Crippen LogP contribution in [0.15, 0.2) is 17.0 Å². The van der Waals surface area contributed by atoms with Gasteiger partial charge >= 0.3 is 11.9 Å². The Morgan fingerprint density at radius 1 is 1.58 bits per heavy atom. The van der Waals surface area contributed by atoms with Gasteiger partial charge in [0.05, 0.1) is 5.41 Å². The van der Waals surface area contributed by atoms with Crippen molar-refractivity contribution in [2.45, 2.75) is 20.8 Å². The molecular weight excluding hydrogens is 158 g/mol. The Morgan fingerprint density at radius 2 is 2.25 bits per heavy atom. The van der Waals surface area contributed by atoms with Gasteiger partial charge in [-0.05, 0) is 20.8 Å². The Morgan fingerprint density at radius 3 is 2.67 bits per heavy atom. The lowest BCUT2D eigenvalue weighted by Gasteiger charge is -2.13. The van der Waals surface area contributed by atoms with Gasteiger partial charge in [0, 0.05) is 0 Å². The molecule has 0 bridgehead atoms. The summed E-state index contributed by atoms with van der Waals surface area (Å²) in [5.74, 6) is -0.200. The molecule has 0 fully saturated rings. The van der Waals surface area contributed by atoms with Gasteiger partial charge in [-0.25, -0.2) is 4.98 Å². The van der Waals surface area contributed by atoms with Gasteiger partial charge in [0.25, 0.3) is 0 Å². The highest BCUT2D eigenvalue weighted by Gasteiger charge is 2.24. The van der Waals surface area contributed by atoms with Crippen molar-refractivity contribution in [3.8, 4) is 5.95 Å². The molecule has 0 aromatic carbocycles.